The van der Waals surface area contributed by atoms with Gasteiger partial charge in [-0.3, -0.25) is 9.59 Å². The quantitative estimate of drug-likeness (QED) is 0.899. The molecule has 2 rings (SSSR count). The van der Waals surface area contributed by atoms with Crippen molar-refractivity contribution < 1.29 is 14.3 Å². The number of amides is 2. The molecule has 0 saturated carbocycles. The lowest BCUT2D eigenvalue weighted by Crippen LogP contribution is -2.37. The molecule has 0 aliphatic rings. The molecule has 5 nitrogen and oxygen atoms in total. The van der Waals surface area contributed by atoms with Crippen molar-refractivity contribution >= 4 is 34.8 Å². The molecule has 2 aromatic carbocycles. The Morgan fingerprint density at radius 2 is 1.96 bits per heavy atom. The second-order valence-corrected chi connectivity index (χ2v) is 5.75. The molecule has 0 aromatic heterocycles. The summed E-state index contributed by atoms with van der Waals surface area (Å²) in [7, 11) is 1.56. The van der Waals surface area contributed by atoms with Crippen LogP contribution in [0.4, 0.5) is 11.4 Å². The minimum atomic E-state index is -0.298. The number of anilines is 2. The Morgan fingerprint density at radius 3 is 2.58 bits per heavy atom. The van der Waals surface area contributed by atoms with E-state index in [4.69, 9.17) is 16.3 Å². The smallest absolute Gasteiger partial charge is 0.244 e. The molecule has 0 unspecified atom stereocenters. The highest BCUT2D eigenvalue weighted by Gasteiger charge is 2.18. The maximum Gasteiger partial charge on any atom is 0.244 e. The highest BCUT2D eigenvalue weighted by Crippen LogP contribution is 2.24. The predicted molar refractivity (Wildman–Crippen MR) is 95.8 cm³/mol. The van der Waals surface area contributed by atoms with Crippen molar-refractivity contribution in [3.63, 3.8) is 0 Å². The van der Waals surface area contributed by atoms with Crippen LogP contribution in [0.5, 0.6) is 5.75 Å². The number of nitrogens with one attached hydrogen (secondary N) is 1. The Labute approximate surface area is 146 Å². The van der Waals surface area contributed by atoms with Gasteiger partial charge in [0, 0.05) is 29.4 Å². The first kappa shape index (κ1) is 17.8. The maximum atomic E-state index is 12.3. The first-order chi connectivity index (χ1) is 11.4. The van der Waals surface area contributed by atoms with Crippen LogP contribution < -0.4 is 15.0 Å². The number of nitrogens with zero attached hydrogens (tertiary/aromatic N) is 1. The summed E-state index contributed by atoms with van der Waals surface area (Å²) in [6.45, 7) is 3.18. The van der Waals surface area contributed by atoms with Gasteiger partial charge in [-0.2, -0.15) is 0 Å². The van der Waals surface area contributed by atoms with Crippen LogP contribution in [0.1, 0.15) is 12.5 Å². The number of hydrogen-bond donors (Lipinski definition) is 1. The summed E-state index contributed by atoms with van der Waals surface area (Å²) >= 11 is 5.95. The van der Waals surface area contributed by atoms with E-state index in [0.717, 1.165) is 5.56 Å². The van der Waals surface area contributed by atoms with Crippen LogP contribution in [0.25, 0.3) is 0 Å². The van der Waals surface area contributed by atoms with Gasteiger partial charge in [0.25, 0.3) is 0 Å². The third-order valence-corrected chi connectivity index (χ3v) is 3.72. The van der Waals surface area contributed by atoms with Gasteiger partial charge in [0.2, 0.25) is 11.8 Å². The fraction of sp³-hybridized carbons (Fsp3) is 0.222. The lowest BCUT2D eigenvalue weighted by Gasteiger charge is -2.22. The van der Waals surface area contributed by atoms with Gasteiger partial charge in [-0.25, -0.2) is 0 Å². The molecule has 2 amide bonds. The van der Waals surface area contributed by atoms with Gasteiger partial charge in [0.1, 0.15) is 12.3 Å². The molecule has 0 saturated heterocycles. The van der Waals surface area contributed by atoms with Crippen molar-refractivity contribution in [2.75, 3.05) is 23.9 Å². The topological polar surface area (TPSA) is 58.6 Å². The highest BCUT2D eigenvalue weighted by molar-refractivity contribution is 6.30. The molecule has 126 valence electrons. The van der Waals surface area contributed by atoms with E-state index in [0.29, 0.717) is 22.1 Å². The van der Waals surface area contributed by atoms with E-state index >= 15 is 0 Å². The van der Waals surface area contributed by atoms with Gasteiger partial charge < -0.3 is 15.0 Å². The van der Waals surface area contributed by atoms with Gasteiger partial charge in [0.15, 0.2) is 0 Å². The minimum Gasteiger partial charge on any atom is -0.497 e. The lowest BCUT2D eigenvalue weighted by molar-refractivity contribution is -0.120. The number of benzene rings is 2. The van der Waals surface area contributed by atoms with E-state index in [1.165, 1.54) is 11.8 Å². The van der Waals surface area contributed by atoms with Crippen LogP contribution in [0, 0.1) is 6.92 Å². The molecule has 0 spiro atoms. The predicted octanol–water partition coefficient (Wildman–Crippen LogP) is 3.65. The van der Waals surface area contributed by atoms with Crippen LogP contribution in [0.3, 0.4) is 0 Å². The molecule has 0 atom stereocenters. The molecule has 24 heavy (non-hydrogen) atoms. The number of halogens is 1. The van der Waals surface area contributed by atoms with Crippen molar-refractivity contribution in [2.24, 2.45) is 0 Å². The first-order valence-corrected chi connectivity index (χ1v) is 7.76. The Hall–Kier alpha value is -2.53. The Bertz CT molecular complexity index is 762. The second-order valence-electron chi connectivity index (χ2n) is 5.32. The Morgan fingerprint density at radius 1 is 1.21 bits per heavy atom. The standard InChI is InChI=1S/C18H19ClN2O3/c1-12-9-14(19)7-8-17(12)21(13(2)22)11-18(23)20-15-5-4-6-16(10-15)24-3/h4-10H,11H2,1-3H3,(H,20,23). The number of aryl methyl sites for hydroxylation is 1. The van der Waals surface area contributed by atoms with Crippen molar-refractivity contribution in [3.8, 4) is 5.75 Å². The summed E-state index contributed by atoms with van der Waals surface area (Å²) in [6.07, 6.45) is 0. The zero-order valence-corrected chi connectivity index (χ0v) is 14.6. The van der Waals surface area contributed by atoms with E-state index in [9.17, 15) is 9.59 Å². The monoisotopic (exact) mass is 346 g/mol. The minimum absolute atomic E-state index is 0.0883. The number of rotatable bonds is 5. The molecule has 0 heterocycles. The van der Waals surface area contributed by atoms with Crippen LogP contribution in [0.2, 0.25) is 5.02 Å². The maximum absolute atomic E-state index is 12.3. The van der Waals surface area contributed by atoms with Crippen molar-refractivity contribution in [2.45, 2.75) is 13.8 Å². The molecule has 2 aromatic rings. The van der Waals surface area contributed by atoms with Crippen LogP contribution in [-0.2, 0) is 9.59 Å². The van der Waals surface area contributed by atoms with Crippen molar-refractivity contribution in [1.82, 2.24) is 0 Å². The molecule has 6 heteroatoms. The SMILES string of the molecule is COc1cccc(NC(=O)CN(C(C)=O)c2ccc(Cl)cc2C)c1. The first-order valence-electron chi connectivity index (χ1n) is 7.39. The number of methoxy groups -OCH3 is 1. The fourth-order valence-corrected chi connectivity index (χ4v) is 2.56. The van der Waals surface area contributed by atoms with Gasteiger partial charge >= 0.3 is 0 Å². The summed E-state index contributed by atoms with van der Waals surface area (Å²) < 4.78 is 5.12. The zero-order valence-electron chi connectivity index (χ0n) is 13.8. The van der Waals surface area contributed by atoms with E-state index in [1.807, 2.05) is 6.92 Å². The Balaban J connectivity index is 2.15. The third-order valence-electron chi connectivity index (χ3n) is 3.48. The average Bonchev–Trinajstić information content (AvgIpc) is 2.53. The van der Waals surface area contributed by atoms with Gasteiger partial charge in [-0.15, -0.1) is 0 Å². The normalized spacial score (nSPS) is 10.2. The second kappa shape index (κ2) is 7.84. The number of ether oxygens (including phenoxy) is 1. The van der Waals surface area contributed by atoms with E-state index in [2.05, 4.69) is 5.32 Å². The van der Waals surface area contributed by atoms with E-state index in [-0.39, 0.29) is 18.4 Å². The molecule has 1 N–H and O–H groups in total. The van der Waals surface area contributed by atoms with E-state index < -0.39 is 0 Å². The molecule has 0 aliphatic carbocycles. The zero-order chi connectivity index (χ0) is 17.7. The Kier molecular flexibility index (Phi) is 5.82. The summed E-state index contributed by atoms with van der Waals surface area (Å²) in [5.74, 6) is 0.124. The highest BCUT2D eigenvalue weighted by atomic mass is 35.5. The largest absolute Gasteiger partial charge is 0.497 e. The number of carbonyl (C=O) groups excluding carboxylic acids is 2. The molecular formula is C18H19ClN2O3. The van der Waals surface area contributed by atoms with E-state index in [1.54, 1.807) is 49.6 Å². The van der Waals surface area contributed by atoms with Gasteiger partial charge in [-0.1, -0.05) is 17.7 Å². The van der Waals surface area contributed by atoms with Gasteiger partial charge in [-0.05, 0) is 42.8 Å². The molecule has 0 radical (unpaired) electrons. The fourth-order valence-electron chi connectivity index (χ4n) is 2.33. The van der Waals surface area contributed by atoms with Crippen LogP contribution >= 0.6 is 11.6 Å². The summed E-state index contributed by atoms with van der Waals surface area (Å²) in [6, 6.07) is 12.2. The molecule has 0 aliphatic heterocycles. The summed E-state index contributed by atoms with van der Waals surface area (Å²) in [5.41, 5.74) is 2.09. The van der Waals surface area contributed by atoms with Crippen molar-refractivity contribution in [3.05, 3.63) is 53.1 Å². The third kappa shape index (κ3) is 4.49. The molecular weight excluding hydrogens is 328 g/mol. The molecule has 0 bridgehead atoms. The van der Waals surface area contributed by atoms with Crippen molar-refractivity contribution in [1.29, 1.82) is 0 Å². The lowest BCUT2D eigenvalue weighted by atomic mass is 10.1. The summed E-state index contributed by atoms with van der Waals surface area (Å²) in [4.78, 5) is 25.7. The van der Waals surface area contributed by atoms with Gasteiger partial charge in [0.05, 0.1) is 7.11 Å². The number of carbonyl (C=O) groups is 2. The summed E-state index contributed by atoms with van der Waals surface area (Å²) in [5, 5.41) is 3.35. The average molecular weight is 347 g/mol. The molecule has 0 fully saturated rings. The number of hydrogen-bond acceptors (Lipinski definition) is 3. The van der Waals surface area contributed by atoms with Crippen LogP contribution in [0.15, 0.2) is 42.5 Å². The van der Waals surface area contributed by atoms with Crippen LogP contribution in [-0.4, -0.2) is 25.5 Å².